The third kappa shape index (κ3) is 4.97. The fourth-order valence-corrected chi connectivity index (χ4v) is 3.81. The molecule has 3 rings (SSSR count). The second-order valence-electron chi connectivity index (χ2n) is 5.75. The Kier molecular flexibility index (Phi) is 6.09. The summed E-state index contributed by atoms with van der Waals surface area (Å²) in [6.45, 7) is 2.76. The van der Waals surface area contributed by atoms with Crippen LogP contribution >= 0.6 is 11.8 Å². The lowest BCUT2D eigenvalue weighted by Crippen LogP contribution is -2.44. The highest BCUT2D eigenvalue weighted by molar-refractivity contribution is 7.99. The maximum Gasteiger partial charge on any atom is 0.194 e. The number of aromatic nitrogens is 1. The number of anilines is 1. The smallest absolute Gasteiger partial charge is 0.194 e. The maximum atomic E-state index is 5.99. The minimum Gasteiger partial charge on any atom is -0.370 e. The molecule has 0 amide bonds. The van der Waals surface area contributed by atoms with E-state index in [1.54, 1.807) is 6.20 Å². The minimum atomic E-state index is 0.410. The van der Waals surface area contributed by atoms with Crippen molar-refractivity contribution in [2.45, 2.75) is 12.6 Å². The fraction of sp³-hybridized carbons (Fsp3) is 0.333. The molecule has 1 aliphatic heterocycles. The van der Waals surface area contributed by atoms with Gasteiger partial charge in [-0.2, -0.15) is 11.8 Å². The molecule has 0 spiro atoms. The van der Waals surface area contributed by atoms with Gasteiger partial charge < -0.3 is 11.1 Å². The third-order valence-electron chi connectivity index (χ3n) is 3.97. The summed E-state index contributed by atoms with van der Waals surface area (Å²) in [5.41, 5.74) is 7.34. The Bertz CT molecular complexity index is 647. The molecule has 2 aromatic rings. The molecular formula is C18H23N5S. The highest BCUT2D eigenvalue weighted by atomic mass is 32.2. The SMILES string of the molecule is NC(=NCC1CSCCN1Cc1ccccc1)Nc1ccccn1. The van der Waals surface area contributed by atoms with Gasteiger partial charge in [0, 0.05) is 36.8 Å². The molecule has 0 saturated carbocycles. The van der Waals surface area contributed by atoms with Crippen LogP contribution < -0.4 is 11.1 Å². The maximum absolute atomic E-state index is 5.99. The highest BCUT2D eigenvalue weighted by Gasteiger charge is 2.22. The Morgan fingerprint density at radius 3 is 2.88 bits per heavy atom. The van der Waals surface area contributed by atoms with Crippen LogP contribution in [0.3, 0.4) is 0 Å². The van der Waals surface area contributed by atoms with Crippen molar-refractivity contribution < 1.29 is 0 Å². The van der Waals surface area contributed by atoms with E-state index in [0.717, 1.165) is 24.7 Å². The van der Waals surface area contributed by atoms with Crippen molar-refractivity contribution >= 4 is 23.5 Å². The largest absolute Gasteiger partial charge is 0.370 e. The zero-order valence-corrected chi connectivity index (χ0v) is 14.5. The van der Waals surface area contributed by atoms with Crippen LogP contribution in [0.15, 0.2) is 59.7 Å². The van der Waals surface area contributed by atoms with E-state index in [9.17, 15) is 0 Å². The molecular weight excluding hydrogens is 318 g/mol. The molecule has 6 heteroatoms. The van der Waals surface area contributed by atoms with Crippen LogP contribution in [0.25, 0.3) is 0 Å². The Morgan fingerprint density at radius 1 is 1.25 bits per heavy atom. The number of rotatable bonds is 5. The number of guanidine groups is 1. The van der Waals surface area contributed by atoms with Crippen LogP contribution in [-0.2, 0) is 6.54 Å². The van der Waals surface area contributed by atoms with E-state index in [2.05, 4.69) is 50.5 Å². The van der Waals surface area contributed by atoms with Crippen molar-refractivity contribution in [1.29, 1.82) is 0 Å². The topological polar surface area (TPSA) is 66.5 Å². The van der Waals surface area contributed by atoms with Crippen molar-refractivity contribution in [1.82, 2.24) is 9.88 Å². The number of hydrogen-bond donors (Lipinski definition) is 2. The number of benzene rings is 1. The summed E-state index contributed by atoms with van der Waals surface area (Å²) in [5, 5.41) is 3.04. The molecule has 5 nitrogen and oxygen atoms in total. The predicted molar refractivity (Wildman–Crippen MR) is 102 cm³/mol. The van der Waals surface area contributed by atoms with Crippen LogP contribution in [0.2, 0.25) is 0 Å². The van der Waals surface area contributed by atoms with Crippen LogP contribution in [-0.4, -0.2) is 46.5 Å². The molecule has 0 radical (unpaired) electrons. The second-order valence-corrected chi connectivity index (χ2v) is 6.90. The van der Waals surface area contributed by atoms with Gasteiger partial charge in [0.25, 0.3) is 0 Å². The molecule has 1 fully saturated rings. The Morgan fingerprint density at radius 2 is 2.08 bits per heavy atom. The molecule has 24 heavy (non-hydrogen) atoms. The van der Waals surface area contributed by atoms with Gasteiger partial charge in [-0.15, -0.1) is 0 Å². The molecule has 2 heterocycles. The molecule has 0 bridgehead atoms. The number of aliphatic imine (C=N–C) groups is 1. The molecule has 1 saturated heterocycles. The van der Waals surface area contributed by atoms with Crippen molar-refractivity contribution in [2.24, 2.45) is 10.7 Å². The summed E-state index contributed by atoms with van der Waals surface area (Å²) in [4.78, 5) is 11.2. The van der Waals surface area contributed by atoms with Crippen LogP contribution in [0.4, 0.5) is 5.82 Å². The number of nitrogens with zero attached hydrogens (tertiary/aromatic N) is 3. The molecule has 1 aliphatic rings. The van der Waals surface area contributed by atoms with Gasteiger partial charge >= 0.3 is 0 Å². The van der Waals surface area contributed by atoms with Crippen LogP contribution in [0.1, 0.15) is 5.56 Å². The van der Waals surface area contributed by atoms with Gasteiger partial charge in [-0.3, -0.25) is 9.89 Å². The zero-order valence-electron chi connectivity index (χ0n) is 13.6. The minimum absolute atomic E-state index is 0.410. The van der Waals surface area contributed by atoms with Gasteiger partial charge in [-0.05, 0) is 17.7 Å². The summed E-state index contributed by atoms with van der Waals surface area (Å²) in [6, 6.07) is 16.7. The lowest BCUT2D eigenvalue weighted by atomic mass is 10.2. The van der Waals surface area contributed by atoms with Crippen LogP contribution in [0.5, 0.6) is 0 Å². The summed E-state index contributed by atoms with van der Waals surface area (Å²) in [6.07, 6.45) is 1.73. The van der Waals surface area contributed by atoms with Gasteiger partial charge in [0.1, 0.15) is 5.82 Å². The number of hydrogen-bond acceptors (Lipinski definition) is 4. The molecule has 1 aromatic heterocycles. The zero-order chi connectivity index (χ0) is 16.6. The van der Waals surface area contributed by atoms with E-state index in [1.807, 2.05) is 30.0 Å². The second kappa shape index (κ2) is 8.70. The van der Waals surface area contributed by atoms with Gasteiger partial charge in [0.2, 0.25) is 0 Å². The normalized spacial score (nSPS) is 19.2. The molecule has 1 atom stereocenters. The van der Waals surface area contributed by atoms with Crippen molar-refractivity contribution in [3.63, 3.8) is 0 Å². The van der Waals surface area contributed by atoms with Crippen molar-refractivity contribution in [2.75, 3.05) is 29.9 Å². The van der Waals surface area contributed by atoms with Gasteiger partial charge in [0.05, 0.1) is 6.54 Å². The first-order valence-electron chi connectivity index (χ1n) is 8.15. The molecule has 1 aromatic carbocycles. The Labute approximate surface area is 147 Å². The average Bonchev–Trinajstić information content (AvgIpc) is 2.63. The monoisotopic (exact) mass is 341 g/mol. The third-order valence-corrected chi connectivity index (χ3v) is 5.06. The lowest BCUT2D eigenvalue weighted by molar-refractivity contribution is 0.215. The Balaban J connectivity index is 1.58. The molecule has 126 valence electrons. The quantitative estimate of drug-likeness (QED) is 0.646. The number of thioether (sulfide) groups is 1. The van der Waals surface area contributed by atoms with E-state index in [0.29, 0.717) is 18.5 Å². The molecule has 3 N–H and O–H groups in total. The highest BCUT2D eigenvalue weighted by Crippen LogP contribution is 2.19. The number of pyridine rings is 1. The Hall–Kier alpha value is -2.05. The van der Waals surface area contributed by atoms with E-state index in [1.165, 1.54) is 11.3 Å². The summed E-state index contributed by atoms with van der Waals surface area (Å²) >= 11 is 1.99. The van der Waals surface area contributed by atoms with Gasteiger partial charge in [-0.25, -0.2) is 4.98 Å². The van der Waals surface area contributed by atoms with E-state index in [4.69, 9.17) is 5.73 Å². The summed E-state index contributed by atoms with van der Waals surface area (Å²) in [5.74, 6) is 3.41. The first-order valence-corrected chi connectivity index (χ1v) is 9.30. The standard InChI is InChI=1S/C18H23N5S/c19-18(22-17-8-4-5-9-20-17)21-12-16-14-24-11-10-23(16)13-15-6-2-1-3-7-15/h1-9,16H,10-14H2,(H3,19,20,21,22). The summed E-state index contributed by atoms with van der Waals surface area (Å²) in [7, 11) is 0. The number of nitrogens with two attached hydrogens (primary N) is 1. The van der Waals surface area contributed by atoms with Crippen LogP contribution in [0, 0.1) is 0 Å². The first-order chi connectivity index (χ1) is 11.8. The van der Waals surface area contributed by atoms with Crippen molar-refractivity contribution in [3.8, 4) is 0 Å². The van der Waals surface area contributed by atoms with E-state index < -0.39 is 0 Å². The van der Waals surface area contributed by atoms with E-state index >= 15 is 0 Å². The fourth-order valence-electron chi connectivity index (χ4n) is 2.69. The first kappa shape index (κ1) is 16.8. The predicted octanol–water partition coefficient (Wildman–Crippen LogP) is 2.43. The molecule has 0 aliphatic carbocycles. The molecule has 1 unspecified atom stereocenters. The van der Waals surface area contributed by atoms with Gasteiger partial charge in [-0.1, -0.05) is 36.4 Å². The lowest BCUT2D eigenvalue weighted by Gasteiger charge is -2.34. The van der Waals surface area contributed by atoms with E-state index in [-0.39, 0.29) is 0 Å². The van der Waals surface area contributed by atoms with Gasteiger partial charge in [0.15, 0.2) is 5.96 Å². The summed E-state index contributed by atoms with van der Waals surface area (Å²) < 4.78 is 0. The number of nitrogens with one attached hydrogen (secondary N) is 1. The average molecular weight is 341 g/mol. The van der Waals surface area contributed by atoms with Crippen molar-refractivity contribution in [3.05, 3.63) is 60.3 Å².